The lowest BCUT2D eigenvalue weighted by molar-refractivity contribution is 0.426. The highest BCUT2D eigenvalue weighted by Gasteiger charge is 2.12. The summed E-state index contributed by atoms with van der Waals surface area (Å²) in [6.07, 6.45) is 0. The van der Waals surface area contributed by atoms with Gasteiger partial charge < -0.3 is 4.52 Å². The Hall–Kier alpha value is -2.52. The van der Waals surface area contributed by atoms with Gasteiger partial charge in [-0.25, -0.2) is 0 Å². The monoisotopic (exact) mass is 356 g/mol. The van der Waals surface area contributed by atoms with E-state index in [1.807, 2.05) is 47.8 Å². The van der Waals surface area contributed by atoms with Crippen molar-refractivity contribution in [1.29, 1.82) is 0 Å². The van der Waals surface area contributed by atoms with Crippen molar-refractivity contribution >= 4 is 23.1 Å². The molecular weight excluding hydrogens is 344 g/mol. The van der Waals surface area contributed by atoms with Crippen LogP contribution in [0.4, 0.5) is 0 Å². The third kappa shape index (κ3) is 3.22. The van der Waals surface area contributed by atoms with Crippen LogP contribution in [0.3, 0.4) is 0 Å². The number of hydrogen-bond acceptors (Lipinski definition) is 8. The van der Waals surface area contributed by atoms with Gasteiger partial charge >= 0.3 is 0 Å². The second-order valence-corrected chi connectivity index (χ2v) is 6.76. The SMILES string of the molecule is c1ccc(-n2nnnc2CSCc2noc(-c3cccs3)n2)cc1. The fourth-order valence-electron chi connectivity index (χ4n) is 2.11. The van der Waals surface area contributed by atoms with Crippen LogP contribution in [0.2, 0.25) is 0 Å². The van der Waals surface area contributed by atoms with E-state index in [4.69, 9.17) is 4.52 Å². The van der Waals surface area contributed by atoms with Crippen LogP contribution < -0.4 is 0 Å². The van der Waals surface area contributed by atoms with E-state index in [9.17, 15) is 0 Å². The van der Waals surface area contributed by atoms with Crippen LogP contribution in [0.15, 0.2) is 52.4 Å². The molecule has 1 aromatic carbocycles. The second kappa shape index (κ2) is 6.93. The molecule has 4 rings (SSSR count). The molecule has 0 aliphatic rings. The maximum Gasteiger partial charge on any atom is 0.268 e. The van der Waals surface area contributed by atoms with Crippen molar-refractivity contribution in [3.63, 3.8) is 0 Å². The molecule has 7 nitrogen and oxygen atoms in total. The van der Waals surface area contributed by atoms with Crippen molar-refractivity contribution in [2.75, 3.05) is 0 Å². The topological polar surface area (TPSA) is 82.5 Å². The van der Waals surface area contributed by atoms with Crippen LogP contribution in [-0.2, 0) is 11.5 Å². The molecule has 0 aliphatic carbocycles. The van der Waals surface area contributed by atoms with Crippen LogP contribution in [0.1, 0.15) is 11.6 Å². The summed E-state index contributed by atoms with van der Waals surface area (Å²) in [7, 11) is 0. The molecule has 0 bridgehead atoms. The number of thiophene rings is 1. The van der Waals surface area contributed by atoms with E-state index < -0.39 is 0 Å². The lowest BCUT2D eigenvalue weighted by atomic mass is 10.3. The standard InChI is InChI=1S/C15H12N6OS2/c1-2-5-11(6-3-1)21-14(17-19-20-21)10-23-9-13-16-15(22-18-13)12-7-4-8-24-12/h1-8H,9-10H2. The Kier molecular flexibility index (Phi) is 4.34. The van der Waals surface area contributed by atoms with Crippen LogP contribution in [0.5, 0.6) is 0 Å². The number of thioether (sulfide) groups is 1. The number of tetrazole rings is 1. The van der Waals surface area contributed by atoms with Gasteiger partial charge in [0.25, 0.3) is 5.89 Å². The van der Waals surface area contributed by atoms with Gasteiger partial charge in [-0.3, -0.25) is 0 Å². The summed E-state index contributed by atoms with van der Waals surface area (Å²) in [5.74, 6) is 3.31. The molecule has 0 saturated carbocycles. The minimum Gasteiger partial charge on any atom is -0.333 e. The normalized spacial score (nSPS) is 11.0. The number of para-hydroxylation sites is 1. The highest BCUT2D eigenvalue weighted by atomic mass is 32.2. The molecule has 4 aromatic rings. The first-order valence-corrected chi connectivity index (χ1v) is 9.20. The van der Waals surface area contributed by atoms with Crippen molar-refractivity contribution in [2.24, 2.45) is 0 Å². The van der Waals surface area contributed by atoms with Crippen molar-refractivity contribution in [2.45, 2.75) is 11.5 Å². The molecule has 0 atom stereocenters. The van der Waals surface area contributed by atoms with Gasteiger partial charge in [-0.15, -0.1) is 28.2 Å². The second-order valence-electron chi connectivity index (χ2n) is 4.83. The molecule has 0 N–H and O–H groups in total. The van der Waals surface area contributed by atoms with E-state index >= 15 is 0 Å². The quantitative estimate of drug-likeness (QED) is 0.524. The Bertz CT molecular complexity index is 903. The lowest BCUT2D eigenvalue weighted by Gasteiger charge is -2.03. The van der Waals surface area contributed by atoms with Crippen LogP contribution in [0.25, 0.3) is 16.5 Å². The van der Waals surface area contributed by atoms with Gasteiger partial charge in [0.1, 0.15) is 0 Å². The number of hydrogen-bond donors (Lipinski definition) is 0. The Morgan fingerprint density at radius 1 is 1.08 bits per heavy atom. The van der Waals surface area contributed by atoms with Gasteiger partial charge in [-0.1, -0.05) is 29.4 Å². The summed E-state index contributed by atoms with van der Waals surface area (Å²) in [6.45, 7) is 0. The summed E-state index contributed by atoms with van der Waals surface area (Å²) >= 11 is 3.22. The van der Waals surface area contributed by atoms with Crippen LogP contribution >= 0.6 is 23.1 Å². The summed E-state index contributed by atoms with van der Waals surface area (Å²) in [6, 6.07) is 13.7. The smallest absolute Gasteiger partial charge is 0.268 e. The number of benzene rings is 1. The Morgan fingerprint density at radius 2 is 2.00 bits per heavy atom. The first-order valence-electron chi connectivity index (χ1n) is 7.17. The molecule has 24 heavy (non-hydrogen) atoms. The average Bonchev–Trinajstić information content (AvgIpc) is 3.37. The molecule has 0 fully saturated rings. The zero-order valence-electron chi connectivity index (χ0n) is 12.4. The van der Waals surface area contributed by atoms with E-state index in [1.165, 1.54) is 0 Å². The maximum atomic E-state index is 5.28. The predicted molar refractivity (Wildman–Crippen MR) is 91.8 cm³/mol. The van der Waals surface area contributed by atoms with Crippen molar-refractivity contribution in [1.82, 2.24) is 30.3 Å². The van der Waals surface area contributed by atoms with Gasteiger partial charge in [0.2, 0.25) is 0 Å². The van der Waals surface area contributed by atoms with E-state index in [0.29, 0.717) is 23.2 Å². The van der Waals surface area contributed by atoms with Gasteiger partial charge in [-0.05, 0) is 34.0 Å². The van der Waals surface area contributed by atoms with Gasteiger partial charge in [-0.2, -0.15) is 9.67 Å². The molecule has 0 unspecified atom stereocenters. The fourth-order valence-corrected chi connectivity index (χ4v) is 3.52. The highest BCUT2D eigenvalue weighted by Crippen LogP contribution is 2.24. The molecule has 0 radical (unpaired) electrons. The van der Waals surface area contributed by atoms with E-state index in [2.05, 4.69) is 25.7 Å². The van der Waals surface area contributed by atoms with Crippen LogP contribution in [-0.4, -0.2) is 30.3 Å². The average molecular weight is 356 g/mol. The Balaban J connectivity index is 1.39. The Labute approximate surface area is 145 Å². The van der Waals surface area contributed by atoms with Crippen LogP contribution in [0, 0.1) is 0 Å². The van der Waals surface area contributed by atoms with Crippen molar-refractivity contribution in [3.8, 4) is 16.5 Å². The van der Waals surface area contributed by atoms with E-state index in [1.54, 1.807) is 27.8 Å². The minimum absolute atomic E-state index is 0.565. The van der Waals surface area contributed by atoms with Crippen molar-refractivity contribution < 1.29 is 4.52 Å². The molecule has 3 heterocycles. The number of nitrogens with zero attached hydrogens (tertiary/aromatic N) is 6. The largest absolute Gasteiger partial charge is 0.333 e. The molecule has 0 saturated heterocycles. The summed E-state index contributed by atoms with van der Waals surface area (Å²) in [5.41, 5.74) is 0.942. The molecule has 9 heteroatoms. The molecule has 0 spiro atoms. The third-order valence-electron chi connectivity index (χ3n) is 3.20. The third-order valence-corrected chi connectivity index (χ3v) is 4.98. The number of aromatic nitrogens is 6. The molecular formula is C15H12N6OS2. The van der Waals surface area contributed by atoms with E-state index in [-0.39, 0.29) is 0 Å². The minimum atomic E-state index is 0.565. The summed E-state index contributed by atoms with van der Waals surface area (Å²) in [4.78, 5) is 5.38. The van der Waals surface area contributed by atoms with E-state index in [0.717, 1.165) is 16.4 Å². The molecule has 0 aliphatic heterocycles. The van der Waals surface area contributed by atoms with Gasteiger partial charge in [0, 0.05) is 0 Å². The highest BCUT2D eigenvalue weighted by molar-refractivity contribution is 7.97. The predicted octanol–water partition coefficient (Wildman–Crippen LogP) is 3.21. The first-order chi connectivity index (χ1) is 11.9. The molecule has 120 valence electrons. The molecule has 0 amide bonds. The van der Waals surface area contributed by atoms with Gasteiger partial charge in [0.15, 0.2) is 11.6 Å². The zero-order valence-corrected chi connectivity index (χ0v) is 14.1. The first kappa shape index (κ1) is 15.0. The maximum absolute atomic E-state index is 5.28. The van der Waals surface area contributed by atoms with Gasteiger partial charge in [0.05, 0.1) is 22.1 Å². The lowest BCUT2D eigenvalue weighted by Crippen LogP contribution is -2.02. The fraction of sp³-hybridized carbons (Fsp3) is 0.133. The summed E-state index contributed by atoms with van der Waals surface area (Å²) in [5, 5.41) is 17.9. The Morgan fingerprint density at radius 3 is 2.83 bits per heavy atom. The zero-order chi connectivity index (χ0) is 16.2. The number of rotatable bonds is 6. The van der Waals surface area contributed by atoms with Crippen molar-refractivity contribution in [3.05, 3.63) is 59.5 Å². The molecule has 3 aromatic heterocycles. The summed E-state index contributed by atoms with van der Waals surface area (Å²) < 4.78 is 7.02.